The van der Waals surface area contributed by atoms with Crippen LogP contribution in [0, 0.1) is 23.2 Å². The van der Waals surface area contributed by atoms with Crippen molar-refractivity contribution >= 4 is 5.97 Å². The highest BCUT2D eigenvalue weighted by Gasteiger charge is 2.55. The third-order valence-electron chi connectivity index (χ3n) is 10.0. The number of fused-ring (bicyclic) bond motifs is 2. The average Bonchev–Trinajstić information content (AvgIpc) is 3.13. The van der Waals surface area contributed by atoms with E-state index in [2.05, 4.69) is 56.9 Å². The molecule has 4 aliphatic rings. The molecular formula is C31H45NO4. The number of hydrogen-bond donors (Lipinski definition) is 1. The summed E-state index contributed by atoms with van der Waals surface area (Å²) in [4.78, 5) is 12.9. The Balaban J connectivity index is 1.24. The van der Waals surface area contributed by atoms with Crippen molar-refractivity contribution in [1.29, 1.82) is 0 Å². The number of ether oxygens (including phenoxy) is 3. The second-order valence-electron chi connectivity index (χ2n) is 12.9. The van der Waals surface area contributed by atoms with E-state index in [-0.39, 0.29) is 34.4 Å². The molecule has 6 atom stereocenters. The first-order valence-electron chi connectivity index (χ1n) is 14.0. The second-order valence-corrected chi connectivity index (χ2v) is 12.9. The van der Waals surface area contributed by atoms with Gasteiger partial charge in [0.2, 0.25) is 0 Å². The number of carbonyl (C=O) groups excluding carboxylic acids is 1. The SMILES string of the molecule is C=C1CCC[C@]2(C)C[C@H]3OC(=O)[C@@H](CNCC[C@@]4(c5ccc(OC)cc5)CCOC(C)(C)C4)[C@@H]3C[C@H]12. The molecule has 2 aliphatic heterocycles. The summed E-state index contributed by atoms with van der Waals surface area (Å²) in [5, 5.41) is 3.69. The molecule has 1 aromatic rings. The lowest BCUT2D eigenvalue weighted by atomic mass is 9.55. The minimum atomic E-state index is -0.155. The highest BCUT2D eigenvalue weighted by Crippen LogP contribution is 2.56. The van der Waals surface area contributed by atoms with Gasteiger partial charge in [0.15, 0.2) is 0 Å². The minimum absolute atomic E-state index is 0.00225. The second kappa shape index (κ2) is 9.79. The van der Waals surface area contributed by atoms with Crippen LogP contribution in [0.4, 0.5) is 0 Å². The molecule has 0 amide bonds. The molecule has 2 heterocycles. The van der Waals surface area contributed by atoms with Gasteiger partial charge in [-0.05, 0) is 101 Å². The van der Waals surface area contributed by atoms with E-state index in [9.17, 15) is 4.79 Å². The van der Waals surface area contributed by atoms with Crippen LogP contribution in [0.25, 0.3) is 0 Å². The molecule has 0 bridgehead atoms. The standard InChI is InChI=1S/C31H45NO4/c1-21-7-6-12-30(4)18-27-24(17-26(21)30)25(28(33)36-27)19-32-15-13-31(14-16-35-29(2,3)20-31)22-8-10-23(34-5)11-9-22/h8-11,24-27,32H,1,6-7,12-20H2,2-5H3/t24-,25-,26+,27+,30+,31+/m0/s1. The number of esters is 1. The minimum Gasteiger partial charge on any atom is -0.497 e. The number of nitrogens with one attached hydrogen (secondary N) is 1. The Labute approximate surface area is 217 Å². The van der Waals surface area contributed by atoms with Crippen molar-refractivity contribution in [2.24, 2.45) is 23.2 Å². The van der Waals surface area contributed by atoms with E-state index >= 15 is 0 Å². The lowest BCUT2D eigenvalue weighted by Gasteiger charge is -2.50. The molecule has 2 aliphatic carbocycles. The molecule has 0 spiro atoms. The molecule has 5 rings (SSSR count). The smallest absolute Gasteiger partial charge is 0.310 e. The topological polar surface area (TPSA) is 56.8 Å². The average molecular weight is 496 g/mol. The number of hydrogen-bond acceptors (Lipinski definition) is 5. The van der Waals surface area contributed by atoms with E-state index in [0.717, 1.165) is 57.4 Å². The summed E-state index contributed by atoms with van der Waals surface area (Å²) >= 11 is 0. The van der Waals surface area contributed by atoms with Gasteiger partial charge in [0.25, 0.3) is 0 Å². The van der Waals surface area contributed by atoms with Gasteiger partial charge in [0.1, 0.15) is 11.9 Å². The first kappa shape index (κ1) is 25.8. The third kappa shape index (κ3) is 4.86. The van der Waals surface area contributed by atoms with Crippen LogP contribution in [0.5, 0.6) is 5.75 Å². The van der Waals surface area contributed by atoms with Crippen LogP contribution in [0.15, 0.2) is 36.4 Å². The van der Waals surface area contributed by atoms with E-state index in [1.165, 1.54) is 24.0 Å². The van der Waals surface area contributed by atoms with Crippen molar-refractivity contribution in [3.8, 4) is 5.75 Å². The predicted molar refractivity (Wildman–Crippen MR) is 142 cm³/mol. The number of methoxy groups -OCH3 is 1. The zero-order valence-corrected chi connectivity index (χ0v) is 22.7. The van der Waals surface area contributed by atoms with Crippen LogP contribution < -0.4 is 10.1 Å². The molecule has 0 unspecified atom stereocenters. The highest BCUT2D eigenvalue weighted by atomic mass is 16.6. The summed E-state index contributed by atoms with van der Waals surface area (Å²) in [6, 6.07) is 8.57. The van der Waals surface area contributed by atoms with Crippen LogP contribution in [0.1, 0.15) is 77.7 Å². The molecule has 5 heteroatoms. The van der Waals surface area contributed by atoms with Crippen molar-refractivity contribution in [2.75, 3.05) is 26.8 Å². The van der Waals surface area contributed by atoms with E-state index < -0.39 is 0 Å². The van der Waals surface area contributed by atoms with E-state index in [1.807, 2.05) is 0 Å². The van der Waals surface area contributed by atoms with Crippen molar-refractivity contribution in [3.05, 3.63) is 42.0 Å². The molecule has 0 radical (unpaired) electrons. The Bertz CT molecular complexity index is 971. The summed E-state index contributed by atoms with van der Waals surface area (Å²) in [5.41, 5.74) is 2.89. The largest absolute Gasteiger partial charge is 0.497 e. The fourth-order valence-electron chi connectivity index (χ4n) is 8.10. The normalized spacial score (nSPS) is 37.7. The summed E-state index contributed by atoms with van der Waals surface area (Å²) in [6.45, 7) is 13.6. The van der Waals surface area contributed by atoms with Gasteiger partial charge in [-0.3, -0.25) is 4.79 Å². The van der Waals surface area contributed by atoms with Gasteiger partial charge >= 0.3 is 5.97 Å². The van der Waals surface area contributed by atoms with Gasteiger partial charge in [-0.15, -0.1) is 0 Å². The summed E-state index contributed by atoms with van der Waals surface area (Å²) in [6.07, 6.45) is 8.73. The lowest BCUT2D eigenvalue weighted by Crippen LogP contribution is -2.46. The highest BCUT2D eigenvalue weighted by molar-refractivity contribution is 5.75. The summed E-state index contributed by atoms with van der Waals surface area (Å²) < 4.78 is 17.5. The molecule has 0 aromatic heterocycles. The Kier molecular flexibility index (Phi) is 7.01. The fourth-order valence-corrected chi connectivity index (χ4v) is 8.10. The lowest BCUT2D eigenvalue weighted by molar-refractivity contribution is -0.146. The van der Waals surface area contributed by atoms with Gasteiger partial charge < -0.3 is 19.5 Å². The molecule has 1 N–H and O–H groups in total. The summed E-state index contributed by atoms with van der Waals surface area (Å²) in [7, 11) is 1.71. The number of carbonyl (C=O) groups is 1. The first-order valence-corrected chi connectivity index (χ1v) is 14.0. The van der Waals surface area contributed by atoms with E-state index in [4.69, 9.17) is 14.2 Å². The van der Waals surface area contributed by atoms with Crippen molar-refractivity contribution in [2.45, 2.75) is 89.3 Å². The number of rotatable bonds is 7. The first-order chi connectivity index (χ1) is 17.1. The van der Waals surface area contributed by atoms with Crippen LogP contribution >= 0.6 is 0 Å². The van der Waals surface area contributed by atoms with Crippen molar-refractivity contribution in [3.63, 3.8) is 0 Å². The van der Waals surface area contributed by atoms with Crippen LogP contribution in [0.3, 0.4) is 0 Å². The van der Waals surface area contributed by atoms with Gasteiger partial charge in [0.05, 0.1) is 18.6 Å². The quantitative estimate of drug-likeness (QED) is 0.294. The van der Waals surface area contributed by atoms with Gasteiger partial charge in [-0.2, -0.15) is 0 Å². The van der Waals surface area contributed by atoms with Crippen LogP contribution in [-0.2, 0) is 19.7 Å². The maximum atomic E-state index is 12.9. The van der Waals surface area contributed by atoms with Crippen molar-refractivity contribution < 1.29 is 19.0 Å². The molecule has 1 aromatic carbocycles. The zero-order chi connectivity index (χ0) is 25.6. The molecule has 5 nitrogen and oxygen atoms in total. The Morgan fingerprint density at radius 1 is 1.17 bits per heavy atom. The number of benzene rings is 1. The predicted octanol–water partition coefficient (Wildman–Crippen LogP) is 5.82. The molecule has 198 valence electrons. The molecular weight excluding hydrogens is 450 g/mol. The van der Waals surface area contributed by atoms with Crippen LogP contribution in [-0.4, -0.2) is 44.5 Å². The maximum absolute atomic E-state index is 12.9. The van der Waals surface area contributed by atoms with Gasteiger partial charge in [-0.25, -0.2) is 0 Å². The Hall–Kier alpha value is -1.85. The molecule has 2 saturated heterocycles. The maximum Gasteiger partial charge on any atom is 0.310 e. The third-order valence-corrected chi connectivity index (χ3v) is 10.0. The molecule has 2 saturated carbocycles. The summed E-state index contributed by atoms with van der Waals surface area (Å²) in [5.74, 6) is 1.69. The van der Waals surface area contributed by atoms with Crippen molar-refractivity contribution in [1.82, 2.24) is 5.32 Å². The fraction of sp³-hybridized carbons (Fsp3) is 0.710. The van der Waals surface area contributed by atoms with Gasteiger partial charge in [0, 0.05) is 24.5 Å². The van der Waals surface area contributed by atoms with Gasteiger partial charge in [-0.1, -0.05) is 31.2 Å². The van der Waals surface area contributed by atoms with E-state index in [1.54, 1.807) is 7.11 Å². The zero-order valence-electron chi connectivity index (χ0n) is 22.7. The van der Waals surface area contributed by atoms with E-state index in [0.29, 0.717) is 18.4 Å². The monoisotopic (exact) mass is 495 g/mol. The molecule has 36 heavy (non-hydrogen) atoms. The molecule has 4 fully saturated rings. The van der Waals surface area contributed by atoms with Crippen LogP contribution in [0.2, 0.25) is 0 Å². The Morgan fingerprint density at radius 2 is 1.94 bits per heavy atom. The Morgan fingerprint density at radius 3 is 2.67 bits per heavy atom. The number of allylic oxidation sites excluding steroid dienone is 1.